The van der Waals surface area contributed by atoms with Crippen LogP contribution in [0.1, 0.15) is 31.7 Å². The largest absolute Gasteiger partial charge is 0.356 e. The molecular formula is C17H27BrN4O. The van der Waals surface area contributed by atoms with E-state index in [-0.39, 0.29) is 5.91 Å². The second-order valence-electron chi connectivity index (χ2n) is 5.51. The van der Waals surface area contributed by atoms with Crippen LogP contribution in [0.4, 0.5) is 5.69 Å². The van der Waals surface area contributed by atoms with Crippen LogP contribution in [-0.4, -0.2) is 44.0 Å². The van der Waals surface area contributed by atoms with Gasteiger partial charge in [-0.25, -0.2) is 0 Å². The summed E-state index contributed by atoms with van der Waals surface area (Å²) in [6.07, 6.45) is 2.67. The van der Waals surface area contributed by atoms with Gasteiger partial charge < -0.3 is 15.5 Å². The van der Waals surface area contributed by atoms with Crippen LogP contribution in [0.25, 0.3) is 0 Å². The van der Waals surface area contributed by atoms with Gasteiger partial charge in [0.25, 0.3) is 0 Å². The Kier molecular flexibility index (Phi) is 8.69. The molecule has 0 saturated carbocycles. The van der Waals surface area contributed by atoms with Crippen LogP contribution in [0.2, 0.25) is 0 Å². The SMILES string of the molecule is CCCCN(C)C(=NC)NCCC(=O)Nc1cc(Br)ccc1C. The van der Waals surface area contributed by atoms with Crippen LogP contribution in [0, 0.1) is 6.92 Å². The zero-order valence-electron chi connectivity index (χ0n) is 14.4. The average molecular weight is 383 g/mol. The molecule has 1 amide bonds. The van der Waals surface area contributed by atoms with E-state index in [0.717, 1.165) is 41.1 Å². The van der Waals surface area contributed by atoms with E-state index in [4.69, 9.17) is 0 Å². The number of amides is 1. The lowest BCUT2D eigenvalue weighted by molar-refractivity contribution is -0.116. The van der Waals surface area contributed by atoms with Gasteiger partial charge in [-0.3, -0.25) is 9.79 Å². The average Bonchev–Trinajstić information content (AvgIpc) is 2.52. The summed E-state index contributed by atoms with van der Waals surface area (Å²) in [5.74, 6) is 0.815. The molecule has 6 heteroatoms. The smallest absolute Gasteiger partial charge is 0.226 e. The summed E-state index contributed by atoms with van der Waals surface area (Å²) in [6.45, 7) is 5.66. The standard InChI is InChI=1S/C17H27BrN4O/c1-5-6-11-22(4)17(19-3)20-10-9-16(23)21-15-12-14(18)8-7-13(15)2/h7-8,12H,5-6,9-11H2,1-4H3,(H,19,20)(H,21,23). The van der Waals surface area contributed by atoms with E-state index >= 15 is 0 Å². The number of hydrogen-bond donors (Lipinski definition) is 2. The number of anilines is 1. The number of aliphatic imine (C=N–C) groups is 1. The van der Waals surface area contributed by atoms with Crippen molar-refractivity contribution >= 4 is 33.5 Å². The minimum atomic E-state index is -0.00892. The third-order valence-corrected chi connectivity index (χ3v) is 4.02. The molecule has 0 atom stereocenters. The zero-order chi connectivity index (χ0) is 17.2. The fourth-order valence-corrected chi connectivity index (χ4v) is 2.48. The fourth-order valence-electron chi connectivity index (χ4n) is 2.12. The van der Waals surface area contributed by atoms with Crippen LogP contribution >= 0.6 is 15.9 Å². The molecule has 1 rings (SSSR count). The molecule has 128 valence electrons. The fraction of sp³-hybridized carbons (Fsp3) is 0.529. The number of unbranched alkanes of at least 4 members (excludes halogenated alkanes) is 1. The maximum Gasteiger partial charge on any atom is 0.226 e. The maximum atomic E-state index is 12.1. The van der Waals surface area contributed by atoms with Gasteiger partial charge in [-0.15, -0.1) is 0 Å². The molecule has 5 nitrogen and oxygen atoms in total. The third-order valence-electron chi connectivity index (χ3n) is 3.53. The molecule has 0 aliphatic rings. The van der Waals surface area contributed by atoms with E-state index in [1.807, 2.05) is 32.2 Å². The number of aryl methyl sites for hydroxylation is 1. The first-order chi connectivity index (χ1) is 11.0. The molecule has 0 spiro atoms. The van der Waals surface area contributed by atoms with Crippen molar-refractivity contribution in [1.82, 2.24) is 10.2 Å². The van der Waals surface area contributed by atoms with E-state index in [9.17, 15) is 4.79 Å². The van der Waals surface area contributed by atoms with E-state index in [1.165, 1.54) is 0 Å². The second-order valence-corrected chi connectivity index (χ2v) is 6.42. The van der Waals surface area contributed by atoms with Crippen molar-refractivity contribution in [3.8, 4) is 0 Å². The van der Waals surface area contributed by atoms with Gasteiger partial charge in [-0.1, -0.05) is 35.3 Å². The lowest BCUT2D eigenvalue weighted by Gasteiger charge is -2.21. The lowest BCUT2D eigenvalue weighted by atomic mass is 10.2. The number of halogens is 1. The van der Waals surface area contributed by atoms with Crippen molar-refractivity contribution in [1.29, 1.82) is 0 Å². The van der Waals surface area contributed by atoms with E-state index < -0.39 is 0 Å². The molecule has 0 radical (unpaired) electrons. The van der Waals surface area contributed by atoms with E-state index in [2.05, 4.69) is 43.4 Å². The number of rotatable bonds is 7. The Balaban J connectivity index is 2.42. The molecule has 0 heterocycles. The summed E-state index contributed by atoms with van der Waals surface area (Å²) in [7, 11) is 3.77. The highest BCUT2D eigenvalue weighted by molar-refractivity contribution is 9.10. The number of nitrogens with one attached hydrogen (secondary N) is 2. The minimum absolute atomic E-state index is 0.00892. The lowest BCUT2D eigenvalue weighted by Crippen LogP contribution is -2.40. The number of carbonyl (C=O) groups is 1. The predicted octanol–water partition coefficient (Wildman–Crippen LogP) is 3.39. The van der Waals surface area contributed by atoms with Crippen LogP contribution in [-0.2, 0) is 4.79 Å². The first kappa shape index (κ1) is 19.5. The molecular weight excluding hydrogens is 356 g/mol. The molecule has 0 saturated heterocycles. The minimum Gasteiger partial charge on any atom is -0.356 e. The Morgan fingerprint density at radius 3 is 2.78 bits per heavy atom. The first-order valence-electron chi connectivity index (χ1n) is 7.95. The Morgan fingerprint density at radius 2 is 2.13 bits per heavy atom. The van der Waals surface area contributed by atoms with E-state index in [1.54, 1.807) is 7.05 Å². The van der Waals surface area contributed by atoms with Gasteiger partial charge in [0.15, 0.2) is 5.96 Å². The Bertz CT molecular complexity index is 545. The summed E-state index contributed by atoms with van der Waals surface area (Å²) >= 11 is 3.42. The predicted molar refractivity (Wildman–Crippen MR) is 101 cm³/mol. The van der Waals surface area contributed by atoms with Crippen LogP contribution in [0.15, 0.2) is 27.7 Å². The van der Waals surface area contributed by atoms with Crippen molar-refractivity contribution in [3.05, 3.63) is 28.2 Å². The topological polar surface area (TPSA) is 56.7 Å². The summed E-state index contributed by atoms with van der Waals surface area (Å²) in [5, 5.41) is 6.17. The van der Waals surface area contributed by atoms with Crippen molar-refractivity contribution in [2.45, 2.75) is 33.1 Å². The first-order valence-corrected chi connectivity index (χ1v) is 8.75. The number of carbonyl (C=O) groups excluding carboxylic acids is 1. The van der Waals surface area contributed by atoms with E-state index in [0.29, 0.717) is 13.0 Å². The monoisotopic (exact) mass is 382 g/mol. The van der Waals surface area contributed by atoms with Crippen molar-refractivity contribution < 1.29 is 4.79 Å². The second kappa shape index (κ2) is 10.3. The van der Waals surface area contributed by atoms with Crippen molar-refractivity contribution in [2.75, 3.05) is 32.5 Å². The summed E-state index contributed by atoms with van der Waals surface area (Å²) in [6, 6.07) is 5.85. The third kappa shape index (κ3) is 7.03. The molecule has 1 aromatic carbocycles. The van der Waals surface area contributed by atoms with Crippen molar-refractivity contribution in [3.63, 3.8) is 0 Å². The molecule has 0 aliphatic carbocycles. The highest BCUT2D eigenvalue weighted by Gasteiger charge is 2.08. The number of benzene rings is 1. The highest BCUT2D eigenvalue weighted by Crippen LogP contribution is 2.20. The van der Waals surface area contributed by atoms with Gasteiger partial charge >= 0.3 is 0 Å². The summed E-state index contributed by atoms with van der Waals surface area (Å²) < 4.78 is 0.953. The molecule has 2 N–H and O–H groups in total. The number of nitrogens with zero attached hydrogens (tertiary/aromatic N) is 2. The zero-order valence-corrected chi connectivity index (χ0v) is 16.0. The molecule has 0 aromatic heterocycles. The van der Waals surface area contributed by atoms with Gasteiger partial charge in [-0.05, 0) is 31.0 Å². The van der Waals surface area contributed by atoms with Crippen molar-refractivity contribution in [2.24, 2.45) is 4.99 Å². The number of hydrogen-bond acceptors (Lipinski definition) is 2. The maximum absolute atomic E-state index is 12.1. The Hall–Kier alpha value is -1.56. The van der Waals surface area contributed by atoms with Crippen LogP contribution in [0.5, 0.6) is 0 Å². The Labute approximate surface area is 147 Å². The van der Waals surface area contributed by atoms with Crippen LogP contribution in [0.3, 0.4) is 0 Å². The summed E-state index contributed by atoms with van der Waals surface area (Å²) in [4.78, 5) is 18.4. The van der Waals surface area contributed by atoms with Gasteiger partial charge in [-0.2, -0.15) is 0 Å². The number of guanidine groups is 1. The Morgan fingerprint density at radius 1 is 1.39 bits per heavy atom. The molecule has 0 bridgehead atoms. The van der Waals surface area contributed by atoms with Gasteiger partial charge in [0.05, 0.1) is 0 Å². The molecule has 0 aliphatic heterocycles. The van der Waals surface area contributed by atoms with Crippen LogP contribution < -0.4 is 10.6 Å². The molecule has 0 fully saturated rings. The quantitative estimate of drug-likeness (QED) is 0.561. The van der Waals surface area contributed by atoms with Gasteiger partial charge in [0.2, 0.25) is 5.91 Å². The van der Waals surface area contributed by atoms with Gasteiger partial charge in [0, 0.05) is 43.8 Å². The normalized spacial score (nSPS) is 11.3. The highest BCUT2D eigenvalue weighted by atomic mass is 79.9. The molecule has 0 unspecified atom stereocenters. The molecule has 23 heavy (non-hydrogen) atoms. The van der Waals surface area contributed by atoms with Gasteiger partial charge in [0.1, 0.15) is 0 Å². The summed E-state index contributed by atoms with van der Waals surface area (Å²) in [5.41, 5.74) is 1.89. The molecule has 1 aromatic rings.